The molecule has 0 radical (unpaired) electrons. The van der Waals surface area contributed by atoms with Crippen LogP contribution in [-0.4, -0.2) is 20.1 Å². The summed E-state index contributed by atoms with van der Waals surface area (Å²) in [6.45, 7) is -0.0380. The lowest BCUT2D eigenvalue weighted by Gasteiger charge is -2.01. The lowest BCUT2D eigenvalue weighted by molar-refractivity contribution is 0.282. The van der Waals surface area contributed by atoms with Crippen molar-refractivity contribution in [3.63, 3.8) is 0 Å². The maximum absolute atomic E-state index is 13.7. The highest BCUT2D eigenvalue weighted by molar-refractivity contribution is 5.59. The Balaban J connectivity index is 1.95. The first-order valence-electron chi connectivity index (χ1n) is 6.25. The van der Waals surface area contributed by atoms with E-state index in [2.05, 4.69) is 10.3 Å². The van der Waals surface area contributed by atoms with Gasteiger partial charge < -0.3 is 5.11 Å². The van der Waals surface area contributed by atoms with E-state index < -0.39 is 11.6 Å². The minimum absolute atomic E-state index is 0.0380. The molecule has 0 amide bonds. The third kappa shape index (κ3) is 2.66. The number of hydrogen-bond donors (Lipinski definition) is 1. The highest BCUT2D eigenvalue weighted by Gasteiger charge is 2.11. The Labute approximate surface area is 119 Å². The summed E-state index contributed by atoms with van der Waals surface area (Å²) in [5, 5.41) is 16.8. The molecule has 1 aromatic heterocycles. The zero-order valence-electron chi connectivity index (χ0n) is 10.9. The van der Waals surface area contributed by atoms with E-state index in [9.17, 15) is 8.78 Å². The SMILES string of the molecule is OCc1ccc(-n2cc(-c3ccc(F)cc3F)nn2)cc1. The first-order valence-corrected chi connectivity index (χ1v) is 6.25. The number of hydrogen-bond acceptors (Lipinski definition) is 3. The van der Waals surface area contributed by atoms with Gasteiger partial charge in [0.05, 0.1) is 18.5 Å². The van der Waals surface area contributed by atoms with Crippen LogP contribution in [-0.2, 0) is 6.61 Å². The molecule has 0 spiro atoms. The average molecular weight is 287 g/mol. The van der Waals surface area contributed by atoms with E-state index in [0.29, 0.717) is 5.69 Å². The lowest BCUT2D eigenvalue weighted by Crippen LogP contribution is -1.95. The van der Waals surface area contributed by atoms with Crippen LogP contribution in [0.2, 0.25) is 0 Å². The highest BCUT2D eigenvalue weighted by Crippen LogP contribution is 2.22. The summed E-state index contributed by atoms with van der Waals surface area (Å²) in [7, 11) is 0. The number of aromatic nitrogens is 3. The van der Waals surface area contributed by atoms with Crippen LogP contribution in [0.1, 0.15) is 5.56 Å². The molecule has 21 heavy (non-hydrogen) atoms. The smallest absolute Gasteiger partial charge is 0.135 e. The van der Waals surface area contributed by atoms with Crippen LogP contribution in [0.3, 0.4) is 0 Å². The van der Waals surface area contributed by atoms with Gasteiger partial charge in [-0.15, -0.1) is 5.10 Å². The largest absolute Gasteiger partial charge is 0.392 e. The number of rotatable bonds is 3. The van der Waals surface area contributed by atoms with Crippen molar-refractivity contribution in [1.82, 2.24) is 15.0 Å². The molecule has 0 atom stereocenters. The second kappa shape index (κ2) is 5.41. The Hall–Kier alpha value is -2.60. The zero-order valence-corrected chi connectivity index (χ0v) is 10.9. The fourth-order valence-electron chi connectivity index (χ4n) is 1.96. The topological polar surface area (TPSA) is 50.9 Å². The van der Waals surface area contributed by atoms with E-state index in [-0.39, 0.29) is 12.2 Å². The summed E-state index contributed by atoms with van der Waals surface area (Å²) in [5.74, 6) is -1.32. The second-order valence-electron chi connectivity index (χ2n) is 4.50. The number of nitrogens with zero attached hydrogens (tertiary/aromatic N) is 3. The van der Waals surface area contributed by atoms with Gasteiger partial charge in [-0.3, -0.25) is 0 Å². The van der Waals surface area contributed by atoms with Crippen molar-refractivity contribution in [1.29, 1.82) is 0 Å². The molecule has 0 fully saturated rings. The van der Waals surface area contributed by atoms with Gasteiger partial charge in [0.25, 0.3) is 0 Å². The number of aliphatic hydroxyl groups excluding tert-OH is 1. The average Bonchev–Trinajstić information content (AvgIpc) is 2.97. The van der Waals surface area contributed by atoms with Gasteiger partial charge in [-0.1, -0.05) is 17.3 Å². The molecule has 1 heterocycles. The molecule has 4 nitrogen and oxygen atoms in total. The molecule has 1 N–H and O–H groups in total. The lowest BCUT2D eigenvalue weighted by atomic mass is 10.1. The Morgan fingerprint density at radius 3 is 2.48 bits per heavy atom. The number of halogens is 2. The van der Waals surface area contributed by atoms with Crippen LogP contribution in [0.5, 0.6) is 0 Å². The van der Waals surface area contributed by atoms with E-state index >= 15 is 0 Å². The van der Waals surface area contributed by atoms with Crippen molar-refractivity contribution < 1.29 is 13.9 Å². The van der Waals surface area contributed by atoms with Crippen LogP contribution in [0.15, 0.2) is 48.7 Å². The molecule has 2 aromatic carbocycles. The Kier molecular flexibility index (Phi) is 3.45. The highest BCUT2D eigenvalue weighted by atomic mass is 19.1. The van der Waals surface area contributed by atoms with Crippen molar-refractivity contribution >= 4 is 0 Å². The van der Waals surface area contributed by atoms with E-state index in [1.165, 1.54) is 16.8 Å². The van der Waals surface area contributed by atoms with Crippen molar-refractivity contribution in [2.24, 2.45) is 0 Å². The summed E-state index contributed by atoms with van der Waals surface area (Å²) in [5.41, 5.74) is 2.02. The summed E-state index contributed by atoms with van der Waals surface area (Å²) in [6.07, 6.45) is 1.56. The van der Waals surface area contributed by atoms with Crippen molar-refractivity contribution in [3.05, 3.63) is 65.9 Å². The van der Waals surface area contributed by atoms with Gasteiger partial charge in [-0.25, -0.2) is 13.5 Å². The van der Waals surface area contributed by atoms with Crippen molar-refractivity contribution in [2.45, 2.75) is 6.61 Å². The molecular weight excluding hydrogens is 276 g/mol. The fraction of sp³-hybridized carbons (Fsp3) is 0.0667. The van der Waals surface area contributed by atoms with Crippen LogP contribution >= 0.6 is 0 Å². The van der Waals surface area contributed by atoms with Gasteiger partial charge in [0.2, 0.25) is 0 Å². The van der Waals surface area contributed by atoms with Crippen LogP contribution in [0.4, 0.5) is 8.78 Å². The normalized spacial score (nSPS) is 10.8. The minimum Gasteiger partial charge on any atom is -0.392 e. The molecule has 3 aromatic rings. The first kappa shape index (κ1) is 13.4. The minimum atomic E-state index is -0.683. The predicted molar refractivity (Wildman–Crippen MR) is 72.6 cm³/mol. The van der Waals surface area contributed by atoms with Crippen LogP contribution < -0.4 is 0 Å². The Morgan fingerprint density at radius 2 is 1.81 bits per heavy atom. The van der Waals surface area contributed by atoms with Gasteiger partial charge in [-0.05, 0) is 29.8 Å². The Bertz CT molecular complexity index is 769. The molecule has 0 aliphatic carbocycles. The summed E-state index contributed by atoms with van der Waals surface area (Å²) >= 11 is 0. The van der Waals surface area contributed by atoms with Crippen LogP contribution in [0.25, 0.3) is 16.9 Å². The molecule has 106 valence electrons. The quantitative estimate of drug-likeness (QED) is 0.805. The van der Waals surface area contributed by atoms with Crippen LogP contribution in [0, 0.1) is 11.6 Å². The van der Waals surface area contributed by atoms with Crippen molar-refractivity contribution in [2.75, 3.05) is 0 Å². The second-order valence-corrected chi connectivity index (χ2v) is 4.50. The molecule has 0 aliphatic rings. The Morgan fingerprint density at radius 1 is 1.05 bits per heavy atom. The summed E-state index contributed by atoms with van der Waals surface area (Å²) < 4.78 is 28.1. The number of benzene rings is 2. The zero-order chi connectivity index (χ0) is 14.8. The van der Waals surface area contributed by atoms with Gasteiger partial charge in [0.15, 0.2) is 0 Å². The molecule has 0 bridgehead atoms. The van der Waals surface area contributed by atoms with Gasteiger partial charge in [-0.2, -0.15) is 0 Å². The molecule has 6 heteroatoms. The standard InChI is InChI=1S/C15H11F2N3O/c16-11-3-6-13(14(17)7-11)15-8-20(19-18-15)12-4-1-10(9-21)2-5-12/h1-8,21H,9H2. The summed E-state index contributed by atoms with van der Waals surface area (Å²) in [4.78, 5) is 0. The molecule has 3 rings (SSSR count). The van der Waals surface area contributed by atoms with Gasteiger partial charge in [0.1, 0.15) is 17.3 Å². The third-order valence-corrected chi connectivity index (χ3v) is 3.08. The molecule has 0 saturated heterocycles. The number of aliphatic hydroxyl groups is 1. The predicted octanol–water partition coefficient (Wildman–Crippen LogP) is 2.70. The summed E-state index contributed by atoms with van der Waals surface area (Å²) in [6, 6.07) is 10.4. The van der Waals surface area contributed by atoms with E-state index in [0.717, 1.165) is 17.3 Å². The molecular formula is C15H11F2N3O. The maximum atomic E-state index is 13.7. The monoisotopic (exact) mass is 287 g/mol. The fourth-order valence-corrected chi connectivity index (χ4v) is 1.96. The molecule has 0 saturated carbocycles. The van der Waals surface area contributed by atoms with Gasteiger partial charge >= 0.3 is 0 Å². The first-order chi connectivity index (χ1) is 10.2. The van der Waals surface area contributed by atoms with E-state index in [4.69, 9.17) is 5.11 Å². The maximum Gasteiger partial charge on any atom is 0.135 e. The van der Waals surface area contributed by atoms with E-state index in [1.54, 1.807) is 30.5 Å². The van der Waals surface area contributed by atoms with Crippen molar-refractivity contribution in [3.8, 4) is 16.9 Å². The molecule has 0 unspecified atom stereocenters. The molecule has 0 aliphatic heterocycles. The third-order valence-electron chi connectivity index (χ3n) is 3.08. The van der Waals surface area contributed by atoms with E-state index in [1.807, 2.05) is 0 Å². The van der Waals surface area contributed by atoms with Gasteiger partial charge in [0, 0.05) is 11.6 Å².